The fourth-order valence-corrected chi connectivity index (χ4v) is 1.38. The van der Waals surface area contributed by atoms with Crippen LogP contribution in [0.25, 0.3) is 0 Å². The van der Waals surface area contributed by atoms with Crippen LogP contribution in [0.5, 0.6) is 0 Å². The quantitative estimate of drug-likeness (QED) is 0.869. The molecule has 0 saturated heterocycles. The Morgan fingerprint density at radius 2 is 1.87 bits per heavy atom. The van der Waals surface area contributed by atoms with E-state index in [2.05, 4.69) is 0 Å². The maximum atomic E-state index is 12.1. The molecule has 1 rings (SSSR count). The molecule has 0 radical (unpaired) electrons. The lowest BCUT2D eigenvalue weighted by Crippen LogP contribution is -2.14. The Bertz CT molecular complexity index is 338. The molecule has 15 heavy (non-hydrogen) atoms. The molecule has 0 amide bonds. The highest BCUT2D eigenvalue weighted by Gasteiger charge is 2.23. The van der Waals surface area contributed by atoms with Crippen LogP contribution in [0.2, 0.25) is 5.02 Å². The van der Waals surface area contributed by atoms with Gasteiger partial charge < -0.3 is 5.11 Å². The topological polar surface area (TPSA) is 37.3 Å². The largest absolute Gasteiger partial charge is 0.481 e. The summed E-state index contributed by atoms with van der Waals surface area (Å²) in [6, 6.07) is 5.86. The summed E-state index contributed by atoms with van der Waals surface area (Å²) < 4.78 is 24.2. The highest BCUT2D eigenvalue weighted by atomic mass is 35.5. The van der Waals surface area contributed by atoms with Gasteiger partial charge in [-0.1, -0.05) is 23.7 Å². The van der Waals surface area contributed by atoms with Crippen molar-refractivity contribution in [1.29, 1.82) is 0 Å². The molecule has 0 heterocycles. The highest BCUT2D eigenvalue weighted by Crippen LogP contribution is 2.24. The number of rotatable bonds is 4. The number of hydrogen-bond acceptors (Lipinski definition) is 1. The van der Waals surface area contributed by atoms with Gasteiger partial charge >= 0.3 is 5.97 Å². The monoisotopic (exact) mass is 234 g/mol. The molecule has 0 spiro atoms. The zero-order valence-electron chi connectivity index (χ0n) is 7.66. The molecule has 1 N–H and O–H groups in total. The minimum absolute atomic E-state index is 0.340. The first kappa shape index (κ1) is 11.9. The first-order valence-corrected chi connectivity index (χ1v) is 4.65. The predicted octanol–water partition coefficient (Wildman–Crippen LogP) is 3.16. The molecule has 1 atom stereocenters. The van der Waals surface area contributed by atoms with E-state index < -0.39 is 24.7 Å². The van der Waals surface area contributed by atoms with Gasteiger partial charge in [-0.25, -0.2) is 8.78 Å². The first-order valence-electron chi connectivity index (χ1n) is 4.27. The van der Waals surface area contributed by atoms with Crippen LogP contribution in [0, 0.1) is 0 Å². The van der Waals surface area contributed by atoms with Crippen molar-refractivity contribution in [1.82, 2.24) is 0 Å². The van der Waals surface area contributed by atoms with Gasteiger partial charge in [0.25, 0.3) is 0 Å². The number of hydrogen-bond donors (Lipinski definition) is 1. The Morgan fingerprint density at radius 3 is 2.27 bits per heavy atom. The third-order valence-corrected chi connectivity index (χ3v) is 2.24. The summed E-state index contributed by atoms with van der Waals surface area (Å²) in [6.07, 6.45) is -3.32. The summed E-state index contributed by atoms with van der Waals surface area (Å²) in [4.78, 5) is 10.8. The van der Waals surface area contributed by atoms with E-state index >= 15 is 0 Å². The molecule has 0 bridgehead atoms. The van der Waals surface area contributed by atoms with E-state index in [1.807, 2.05) is 0 Å². The Balaban J connectivity index is 2.89. The molecule has 0 aromatic heterocycles. The summed E-state index contributed by atoms with van der Waals surface area (Å²) in [5.74, 6) is -2.43. The third-order valence-electron chi connectivity index (χ3n) is 1.98. The SMILES string of the molecule is O=C(O)C(CC(F)F)c1ccc(Cl)cc1. The molecule has 82 valence electrons. The van der Waals surface area contributed by atoms with Gasteiger partial charge in [-0.2, -0.15) is 0 Å². The lowest BCUT2D eigenvalue weighted by Gasteiger charge is -2.11. The van der Waals surface area contributed by atoms with Crippen LogP contribution >= 0.6 is 11.6 Å². The number of carbonyl (C=O) groups is 1. The minimum atomic E-state index is -2.64. The fourth-order valence-electron chi connectivity index (χ4n) is 1.25. The van der Waals surface area contributed by atoms with E-state index in [0.29, 0.717) is 10.6 Å². The lowest BCUT2D eigenvalue weighted by molar-refractivity contribution is -0.139. The van der Waals surface area contributed by atoms with Crippen molar-refractivity contribution in [3.05, 3.63) is 34.9 Å². The molecule has 0 fully saturated rings. The second-order valence-corrected chi connectivity index (χ2v) is 3.51. The van der Waals surface area contributed by atoms with Crippen molar-refractivity contribution in [3.63, 3.8) is 0 Å². The van der Waals surface area contributed by atoms with E-state index in [4.69, 9.17) is 16.7 Å². The lowest BCUT2D eigenvalue weighted by atomic mass is 9.96. The first-order chi connectivity index (χ1) is 7.00. The Kier molecular flexibility index (Phi) is 4.03. The van der Waals surface area contributed by atoms with Crippen molar-refractivity contribution in [3.8, 4) is 0 Å². The average molecular weight is 235 g/mol. The molecule has 1 aromatic rings. The molecule has 1 aromatic carbocycles. The molecule has 0 aliphatic rings. The Morgan fingerprint density at radius 1 is 1.33 bits per heavy atom. The standard InChI is InChI=1S/C10H9ClF2O2/c11-7-3-1-6(2-4-7)8(10(14)15)5-9(12)13/h1-4,8-9H,5H2,(H,14,15). The zero-order chi connectivity index (χ0) is 11.4. The number of halogens is 3. The second kappa shape index (κ2) is 5.07. The number of carboxylic acids is 1. The van der Waals surface area contributed by atoms with Gasteiger partial charge in [0.2, 0.25) is 6.43 Å². The maximum Gasteiger partial charge on any atom is 0.311 e. The van der Waals surface area contributed by atoms with E-state index in [9.17, 15) is 13.6 Å². The molecular formula is C10H9ClF2O2. The van der Waals surface area contributed by atoms with E-state index in [0.717, 1.165) is 0 Å². The van der Waals surface area contributed by atoms with Gasteiger partial charge in [0.15, 0.2) is 0 Å². The van der Waals surface area contributed by atoms with Crippen molar-refractivity contribution in [2.24, 2.45) is 0 Å². The molecule has 0 aliphatic carbocycles. The number of benzene rings is 1. The maximum absolute atomic E-state index is 12.1. The van der Waals surface area contributed by atoms with Gasteiger partial charge in [-0.3, -0.25) is 4.79 Å². The number of aliphatic carboxylic acids is 1. The van der Waals surface area contributed by atoms with Gasteiger partial charge in [-0.15, -0.1) is 0 Å². The van der Waals surface area contributed by atoms with Gasteiger partial charge in [0.05, 0.1) is 5.92 Å². The van der Waals surface area contributed by atoms with Crippen molar-refractivity contribution in [2.75, 3.05) is 0 Å². The van der Waals surface area contributed by atoms with Gasteiger partial charge in [0.1, 0.15) is 0 Å². The smallest absolute Gasteiger partial charge is 0.311 e. The third kappa shape index (κ3) is 3.47. The van der Waals surface area contributed by atoms with E-state index in [-0.39, 0.29) is 0 Å². The summed E-state index contributed by atoms with van der Waals surface area (Å²) in [6.45, 7) is 0. The van der Waals surface area contributed by atoms with Gasteiger partial charge in [0, 0.05) is 11.4 Å². The molecule has 5 heteroatoms. The fraction of sp³-hybridized carbons (Fsp3) is 0.300. The van der Waals surface area contributed by atoms with E-state index in [1.165, 1.54) is 24.3 Å². The molecule has 0 aliphatic heterocycles. The normalized spacial score (nSPS) is 12.8. The summed E-state index contributed by atoms with van der Waals surface area (Å²) in [5.41, 5.74) is 0.340. The van der Waals surface area contributed by atoms with Crippen LogP contribution in [-0.2, 0) is 4.79 Å². The van der Waals surface area contributed by atoms with E-state index in [1.54, 1.807) is 0 Å². The molecule has 1 unspecified atom stereocenters. The molecule has 0 saturated carbocycles. The second-order valence-electron chi connectivity index (χ2n) is 3.07. The summed E-state index contributed by atoms with van der Waals surface area (Å²) >= 11 is 5.61. The predicted molar refractivity (Wildman–Crippen MR) is 52.4 cm³/mol. The van der Waals surface area contributed by atoms with Crippen LogP contribution in [0.3, 0.4) is 0 Å². The van der Waals surface area contributed by atoms with Crippen LogP contribution in [-0.4, -0.2) is 17.5 Å². The van der Waals surface area contributed by atoms with Crippen LogP contribution < -0.4 is 0 Å². The average Bonchev–Trinajstić information content (AvgIpc) is 2.15. The minimum Gasteiger partial charge on any atom is -0.481 e. The Labute approximate surface area is 90.5 Å². The molecular weight excluding hydrogens is 226 g/mol. The summed E-state index contributed by atoms with van der Waals surface area (Å²) in [7, 11) is 0. The van der Waals surface area contributed by atoms with Crippen LogP contribution in [0.1, 0.15) is 17.9 Å². The van der Waals surface area contributed by atoms with Crippen molar-refractivity contribution < 1.29 is 18.7 Å². The molecule has 2 nitrogen and oxygen atoms in total. The van der Waals surface area contributed by atoms with Crippen LogP contribution in [0.15, 0.2) is 24.3 Å². The van der Waals surface area contributed by atoms with Crippen LogP contribution in [0.4, 0.5) is 8.78 Å². The van der Waals surface area contributed by atoms with Gasteiger partial charge in [-0.05, 0) is 17.7 Å². The van der Waals surface area contributed by atoms with Crippen molar-refractivity contribution >= 4 is 17.6 Å². The Hall–Kier alpha value is -1.16. The summed E-state index contributed by atoms with van der Waals surface area (Å²) in [5, 5.41) is 9.22. The van der Waals surface area contributed by atoms with Crippen molar-refractivity contribution in [2.45, 2.75) is 18.8 Å². The zero-order valence-corrected chi connectivity index (χ0v) is 8.42. The number of alkyl halides is 2. The number of carboxylic acid groups (broad SMARTS) is 1. The highest BCUT2D eigenvalue weighted by molar-refractivity contribution is 6.30.